The number of ether oxygens (including phenoxy) is 1. The molecule has 0 aliphatic heterocycles. The van der Waals surface area contributed by atoms with Gasteiger partial charge in [-0.25, -0.2) is 4.57 Å². The first kappa shape index (κ1) is 85.5. The SMILES string of the molecule is CCCCCCCC/C=C/CCCCCCCCCCCCCC(=O)OC(/C=C/CCCCCCCCCCCCC)C(COP(=O)(O)OCC[N+](C)(C)C)NC(=O)CCCCCCCCCCCCCCCCCCCCCCCCCCCCC. The largest absolute Gasteiger partial charge is 0.472 e. The highest BCUT2D eigenvalue weighted by Gasteiger charge is 2.30. The van der Waals surface area contributed by atoms with Gasteiger partial charge in [0.05, 0.1) is 33.8 Å². The number of likely N-dealkylation sites (N-methyl/N-ethyl adjacent to an activating group) is 1. The molecular weight excluding hydrogens is 1100 g/mol. The molecule has 0 aliphatic carbocycles. The van der Waals surface area contributed by atoms with Crippen LogP contribution in [0.3, 0.4) is 0 Å². The van der Waals surface area contributed by atoms with Crippen LogP contribution in [0.15, 0.2) is 24.3 Å². The van der Waals surface area contributed by atoms with Crippen molar-refractivity contribution in [2.24, 2.45) is 0 Å². The molecule has 9 nitrogen and oxygen atoms in total. The average molecular weight is 1250 g/mol. The average Bonchev–Trinajstić information content (AvgIpc) is 3.70. The zero-order valence-electron chi connectivity index (χ0n) is 59.3. The quantitative estimate of drug-likeness (QED) is 0.0205. The number of hydrogen-bond acceptors (Lipinski definition) is 6. The molecule has 10 heteroatoms. The van der Waals surface area contributed by atoms with E-state index < -0.39 is 20.0 Å². The first-order chi connectivity index (χ1) is 42.4. The number of unbranched alkanes of at least 4 members (excludes halogenated alkanes) is 54. The molecular formula is C77H152N2O7P+. The van der Waals surface area contributed by atoms with Crippen LogP contribution in [0.25, 0.3) is 0 Å². The van der Waals surface area contributed by atoms with Gasteiger partial charge < -0.3 is 19.4 Å². The molecule has 0 aromatic carbocycles. The van der Waals surface area contributed by atoms with Crippen LogP contribution in [0.4, 0.5) is 0 Å². The van der Waals surface area contributed by atoms with Gasteiger partial charge in [-0.15, -0.1) is 0 Å². The summed E-state index contributed by atoms with van der Waals surface area (Å²) >= 11 is 0. The molecule has 0 aliphatic rings. The van der Waals surface area contributed by atoms with Crippen molar-refractivity contribution in [3.8, 4) is 0 Å². The van der Waals surface area contributed by atoms with Crippen LogP contribution >= 0.6 is 7.82 Å². The Morgan fingerprint density at radius 1 is 0.391 bits per heavy atom. The zero-order chi connectivity index (χ0) is 63.5. The van der Waals surface area contributed by atoms with Gasteiger partial charge in [0.15, 0.2) is 0 Å². The predicted octanol–water partition coefficient (Wildman–Crippen LogP) is 24.8. The van der Waals surface area contributed by atoms with E-state index in [9.17, 15) is 19.0 Å². The van der Waals surface area contributed by atoms with Crippen molar-refractivity contribution in [3.63, 3.8) is 0 Å². The number of nitrogens with one attached hydrogen (secondary N) is 1. The highest BCUT2D eigenvalue weighted by Crippen LogP contribution is 2.43. The third-order valence-corrected chi connectivity index (χ3v) is 18.9. The number of hydrogen-bond donors (Lipinski definition) is 2. The standard InChI is InChI=1S/C77H151N2O7P/c1-7-10-13-16-19-22-25-28-30-32-34-36-37-38-39-40-41-43-44-46-48-51-54-57-60-63-66-69-76(80)78-74(73-85-87(82,83)84-72-71-79(4,5)6)75(68-65-62-59-56-53-50-27-24-21-18-15-12-9-3)86-77(81)70-67-64-61-58-55-52-49-47-45-42-35-33-31-29-26-23-20-17-14-11-8-2/h29,31,65,68,74-75H,7-28,30,32-64,66-67,69-73H2,1-6H3,(H-,78,80,82,83)/p+1/b31-29+,68-65+. The van der Waals surface area contributed by atoms with Crippen molar-refractivity contribution in [2.75, 3.05) is 40.9 Å². The van der Waals surface area contributed by atoms with Crippen LogP contribution < -0.4 is 5.32 Å². The summed E-state index contributed by atoms with van der Waals surface area (Å²) in [4.78, 5) is 38.0. The van der Waals surface area contributed by atoms with E-state index in [4.69, 9.17) is 13.8 Å². The molecule has 0 fully saturated rings. The molecule has 0 aromatic heterocycles. The van der Waals surface area contributed by atoms with Crippen molar-refractivity contribution in [3.05, 3.63) is 24.3 Å². The number of phosphoric acid groups is 1. The highest BCUT2D eigenvalue weighted by molar-refractivity contribution is 7.47. The van der Waals surface area contributed by atoms with Gasteiger partial charge in [0.2, 0.25) is 5.91 Å². The Labute approximate surface area is 543 Å². The number of nitrogens with zero attached hydrogens (tertiary/aromatic N) is 1. The minimum absolute atomic E-state index is 0.0445. The molecule has 2 N–H and O–H groups in total. The first-order valence-electron chi connectivity index (χ1n) is 38.7. The molecule has 0 heterocycles. The summed E-state index contributed by atoms with van der Waals surface area (Å²) in [7, 11) is 1.52. The second kappa shape index (κ2) is 67.4. The van der Waals surface area contributed by atoms with E-state index in [1.165, 1.54) is 315 Å². The molecule has 0 saturated heterocycles. The lowest BCUT2D eigenvalue weighted by atomic mass is 10.0. The molecule has 3 unspecified atom stereocenters. The summed E-state index contributed by atoms with van der Waals surface area (Å²) in [5.41, 5.74) is 0. The van der Waals surface area contributed by atoms with Crippen LogP contribution in [0.5, 0.6) is 0 Å². The van der Waals surface area contributed by atoms with Crippen molar-refractivity contribution in [1.82, 2.24) is 5.32 Å². The monoisotopic (exact) mass is 1250 g/mol. The van der Waals surface area contributed by atoms with Crippen LogP contribution in [0.1, 0.15) is 406 Å². The van der Waals surface area contributed by atoms with Crippen LogP contribution in [-0.4, -0.2) is 74.3 Å². The summed E-state index contributed by atoms with van der Waals surface area (Å²) in [6, 6.07) is -0.844. The normalized spacial score (nSPS) is 13.5. The third kappa shape index (κ3) is 68.7. The van der Waals surface area contributed by atoms with Crippen molar-refractivity contribution in [1.29, 1.82) is 0 Å². The summed E-state index contributed by atoms with van der Waals surface area (Å²) in [5.74, 6) is -0.479. The fraction of sp³-hybridized carbons (Fsp3) is 0.922. The number of rotatable bonds is 72. The molecule has 0 spiro atoms. The number of carbonyl (C=O) groups is 2. The van der Waals surface area contributed by atoms with Gasteiger partial charge in [-0.1, -0.05) is 360 Å². The second-order valence-electron chi connectivity index (χ2n) is 27.9. The molecule has 0 saturated carbocycles. The van der Waals surface area contributed by atoms with E-state index in [2.05, 4.69) is 44.3 Å². The summed E-state index contributed by atoms with van der Waals surface area (Å²) in [5, 5.41) is 3.09. The Bertz CT molecular complexity index is 1530. The Balaban J connectivity index is 4.95. The Morgan fingerprint density at radius 2 is 0.667 bits per heavy atom. The summed E-state index contributed by atoms with van der Waals surface area (Å²) in [6.07, 6.45) is 83.5. The number of carbonyl (C=O) groups excluding carboxylic acids is 2. The lowest BCUT2D eigenvalue weighted by molar-refractivity contribution is -0.870. The molecule has 516 valence electrons. The number of quaternary nitrogens is 1. The van der Waals surface area contributed by atoms with Gasteiger partial charge in [-0.05, 0) is 57.4 Å². The van der Waals surface area contributed by atoms with Crippen molar-refractivity contribution >= 4 is 19.7 Å². The minimum atomic E-state index is -4.45. The van der Waals surface area contributed by atoms with E-state index in [0.717, 1.165) is 57.8 Å². The van der Waals surface area contributed by atoms with E-state index in [-0.39, 0.29) is 25.1 Å². The fourth-order valence-corrected chi connectivity index (χ4v) is 12.7. The van der Waals surface area contributed by atoms with E-state index in [1.54, 1.807) is 0 Å². The summed E-state index contributed by atoms with van der Waals surface area (Å²) in [6.45, 7) is 7.09. The van der Waals surface area contributed by atoms with Gasteiger partial charge in [0.25, 0.3) is 0 Å². The minimum Gasteiger partial charge on any atom is -0.456 e. The fourth-order valence-electron chi connectivity index (χ4n) is 11.9. The lowest BCUT2D eigenvalue weighted by Gasteiger charge is -2.27. The van der Waals surface area contributed by atoms with Crippen LogP contribution in [0, 0.1) is 0 Å². The summed E-state index contributed by atoms with van der Waals surface area (Å²) < 4.78 is 30.9. The number of esters is 1. The zero-order valence-corrected chi connectivity index (χ0v) is 60.2. The Morgan fingerprint density at radius 3 is 0.977 bits per heavy atom. The van der Waals surface area contributed by atoms with Gasteiger partial charge in [-0.2, -0.15) is 0 Å². The smallest absolute Gasteiger partial charge is 0.456 e. The van der Waals surface area contributed by atoms with Gasteiger partial charge in [0, 0.05) is 12.8 Å². The van der Waals surface area contributed by atoms with E-state index in [1.807, 2.05) is 27.2 Å². The maximum atomic E-state index is 13.7. The Hall–Kier alpha value is -1.51. The molecule has 3 atom stereocenters. The second-order valence-corrected chi connectivity index (χ2v) is 29.3. The number of phosphoric ester groups is 1. The van der Waals surface area contributed by atoms with Gasteiger partial charge >= 0.3 is 13.8 Å². The first-order valence-corrected chi connectivity index (χ1v) is 40.2. The molecule has 1 amide bonds. The van der Waals surface area contributed by atoms with E-state index >= 15 is 0 Å². The maximum absolute atomic E-state index is 13.7. The highest BCUT2D eigenvalue weighted by atomic mass is 31.2. The molecule has 87 heavy (non-hydrogen) atoms. The molecule has 0 bridgehead atoms. The molecule has 0 aromatic rings. The number of amides is 1. The maximum Gasteiger partial charge on any atom is 0.472 e. The molecule has 0 radical (unpaired) electrons. The van der Waals surface area contributed by atoms with Crippen LogP contribution in [-0.2, 0) is 27.9 Å². The predicted molar refractivity (Wildman–Crippen MR) is 379 cm³/mol. The Kier molecular flexibility index (Phi) is 66.2. The number of allylic oxidation sites excluding steroid dienone is 3. The third-order valence-electron chi connectivity index (χ3n) is 17.9. The van der Waals surface area contributed by atoms with Gasteiger partial charge in [0.1, 0.15) is 19.3 Å². The van der Waals surface area contributed by atoms with Crippen molar-refractivity contribution in [2.45, 2.75) is 418 Å². The van der Waals surface area contributed by atoms with Crippen molar-refractivity contribution < 1.29 is 37.3 Å². The molecule has 0 rings (SSSR count). The lowest BCUT2D eigenvalue weighted by Crippen LogP contribution is -2.47. The topological polar surface area (TPSA) is 111 Å². The van der Waals surface area contributed by atoms with E-state index in [0.29, 0.717) is 23.9 Å². The van der Waals surface area contributed by atoms with Crippen LogP contribution in [0.2, 0.25) is 0 Å². The van der Waals surface area contributed by atoms with Gasteiger partial charge in [-0.3, -0.25) is 18.6 Å².